The van der Waals surface area contributed by atoms with E-state index in [-0.39, 0.29) is 17.1 Å². The summed E-state index contributed by atoms with van der Waals surface area (Å²) in [7, 11) is 0. The van der Waals surface area contributed by atoms with Gasteiger partial charge in [-0.1, -0.05) is 46.8 Å². The van der Waals surface area contributed by atoms with Crippen molar-refractivity contribution < 1.29 is 19.2 Å². The van der Waals surface area contributed by atoms with Gasteiger partial charge in [0.05, 0.1) is 16.4 Å². The van der Waals surface area contributed by atoms with E-state index in [1.54, 1.807) is 36.4 Å². The summed E-state index contributed by atoms with van der Waals surface area (Å²) in [5.41, 5.74) is 0.776. The van der Waals surface area contributed by atoms with Crippen LogP contribution in [0.3, 0.4) is 0 Å². The molecule has 0 saturated carbocycles. The van der Waals surface area contributed by atoms with Crippen molar-refractivity contribution in [3.05, 3.63) is 85.7 Å². The van der Waals surface area contributed by atoms with Crippen LogP contribution in [0.25, 0.3) is 6.08 Å². The Morgan fingerprint density at radius 3 is 2.72 bits per heavy atom. The van der Waals surface area contributed by atoms with Gasteiger partial charge in [0.2, 0.25) is 0 Å². The van der Waals surface area contributed by atoms with E-state index < -0.39 is 16.1 Å². The van der Waals surface area contributed by atoms with Crippen LogP contribution in [0.15, 0.2) is 64.5 Å². The lowest BCUT2D eigenvalue weighted by Crippen LogP contribution is -2.27. The van der Waals surface area contributed by atoms with Gasteiger partial charge in [-0.15, -0.1) is 0 Å². The van der Waals surface area contributed by atoms with Gasteiger partial charge in [0.25, 0.3) is 16.8 Å². The Morgan fingerprint density at radius 2 is 2.00 bits per heavy atom. The minimum absolute atomic E-state index is 0.136. The van der Waals surface area contributed by atoms with Gasteiger partial charge in [-0.2, -0.15) is 0 Å². The minimum Gasteiger partial charge on any atom is -0.489 e. The molecule has 29 heavy (non-hydrogen) atoms. The fraction of sp³-hybridized carbons (Fsp3) is 0.100. The molecular formula is C20H15BrN2O5S. The highest BCUT2D eigenvalue weighted by Crippen LogP contribution is 2.36. The number of nitro groups is 1. The second-order valence-electron chi connectivity index (χ2n) is 5.94. The van der Waals surface area contributed by atoms with E-state index in [4.69, 9.17) is 4.74 Å². The third kappa shape index (κ3) is 4.75. The summed E-state index contributed by atoms with van der Waals surface area (Å²) in [4.78, 5) is 37.1. The molecular weight excluding hydrogens is 460 g/mol. The first-order valence-corrected chi connectivity index (χ1v) is 10.0. The molecule has 1 aliphatic heterocycles. The first kappa shape index (κ1) is 20.8. The monoisotopic (exact) mass is 474 g/mol. The van der Waals surface area contributed by atoms with Gasteiger partial charge in [-0.05, 0) is 36.0 Å². The summed E-state index contributed by atoms with van der Waals surface area (Å²) in [5, 5.41) is 10.7. The number of nitrogens with zero attached hydrogens (tertiary/aromatic N) is 2. The van der Waals surface area contributed by atoms with Crippen LogP contribution in [-0.4, -0.2) is 27.6 Å². The number of carbonyl (C=O) groups is 2. The number of benzene rings is 2. The lowest BCUT2D eigenvalue weighted by atomic mass is 10.1. The van der Waals surface area contributed by atoms with Gasteiger partial charge in [0.1, 0.15) is 12.4 Å². The molecule has 1 fully saturated rings. The maximum absolute atomic E-state index is 12.8. The van der Waals surface area contributed by atoms with Gasteiger partial charge in [0.15, 0.2) is 0 Å². The standard InChI is InChI=1S/C20H15BrN2O5S/c1-2-9-28-17-8-7-15(21)10-14(17)11-18-19(24)22(20(25)29-18)12-13-5-3-4-6-16(13)23(26)27/h2-8,10-11H,1,9,12H2. The number of ether oxygens (including phenoxy) is 1. The number of nitro benzene ring substituents is 1. The number of hydrogen-bond acceptors (Lipinski definition) is 6. The fourth-order valence-corrected chi connectivity index (χ4v) is 3.89. The van der Waals surface area contributed by atoms with Crippen molar-refractivity contribution in [2.75, 3.05) is 6.61 Å². The van der Waals surface area contributed by atoms with Crippen molar-refractivity contribution in [3.63, 3.8) is 0 Å². The molecule has 1 aliphatic rings. The minimum atomic E-state index is -0.533. The molecule has 2 aromatic carbocycles. The summed E-state index contributed by atoms with van der Waals surface area (Å²) in [6.45, 7) is 3.73. The van der Waals surface area contributed by atoms with E-state index in [0.717, 1.165) is 21.1 Å². The van der Waals surface area contributed by atoms with Crippen LogP contribution >= 0.6 is 27.7 Å². The van der Waals surface area contributed by atoms with E-state index in [2.05, 4.69) is 22.5 Å². The summed E-state index contributed by atoms with van der Waals surface area (Å²) in [6.07, 6.45) is 3.18. The lowest BCUT2D eigenvalue weighted by Gasteiger charge is -2.12. The number of hydrogen-bond donors (Lipinski definition) is 0. The number of thioether (sulfide) groups is 1. The average molecular weight is 475 g/mol. The van der Waals surface area contributed by atoms with Gasteiger partial charge in [0, 0.05) is 21.7 Å². The van der Waals surface area contributed by atoms with E-state index in [9.17, 15) is 19.7 Å². The maximum atomic E-state index is 12.8. The highest BCUT2D eigenvalue weighted by molar-refractivity contribution is 9.10. The summed E-state index contributed by atoms with van der Waals surface area (Å²) in [5.74, 6) is 0.0337. The Morgan fingerprint density at radius 1 is 1.24 bits per heavy atom. The Bertz CT molecular complexity index is 1040. The number of para-hydroxylation sites is 1. The van der Waals surface area contributed by atoms with Crippen molar-refractivity contribution in [3.8, 4) is 5.75 Å². The molecule has 0 unspecified atom stereocenters. The summed E-state index contributed by atoms with van der Waals surface area (Å²) < 4.78 is 6.39. The van der Waals surface area contributed by atoms with Crippen molar-refractivity contribution in [1.29, 1.82) is 0 Å². The van der Waals surface area contributed by atoms with Crippen LogP contribution in [0.2, 0.25) is 0 Å². The predicted molar refractivity (Wildman–Crippen MR) is 114 cm³/mol. The van der Waals surface area contributed by atoms with E-state index in [1.807, 2.05) is 0 Å². The molecule has 9 heteroatoms. The number of halogens is 1. The number of amides is 2. The molecule has 0 N–H and O–H groups in total. The van der Waals surface area contributed by atoms with Crippen LogP contribution in [0.4, 0.5) is 10.5 Å². The largest absolute Gasteiger partial charge is 0.489 e. The molecule has 0 atom stereocenters. The van der Waals surface area contributed by atoms with Crippen LogP contribution in [0.1, 0.15) is 11.1 Å². The molecule has 2 amide bonds. The molecule has 7 nitrogen and oxygen atoms in total. The van der Waals surface area contributed by atoms with Crippen LogP contribution in [-0.2, 0) is 11.3 Å². The van der Waals surface area contributed by atoms with Crippen LogP contribution in [0, 0.1) is 10.1 Å². The third-order valence-electron chi connectivity index (χ3n) is 4.01. The highest BCUT2D eigenvalue weighted by Gasteiger charge is 2.36. The van der Waals surface area contributed by atoms with E-state index in [0.29, 0.717) is 23.5 Å². The van der Waals surface area contributed by atoms with E-state index in [1.165, 1.54) is 18.2 Å². The summed E-state index contributed by atoms with van der Waals surface area (Å²) in [6, 6.07) is 11.4. The molecule has 148 valence electrons. The van der Waals surface area contributed by atoms with Crippen molar-refractivity contribution in [2.45, 2.75) is 6.54 Å². The quantitative estimate of drug-likeness (QED) is 0.238. The zero-order valence-corrected chi connectivity index (χ0v) is 17.4. The van der Waals surface area contributed by atoms with E-state index >= 15 is 0 Å². The molecule has 1 saturated heterocycles. The highest BCUT2D eigenvalue weighted by atomic mass is 79.9. The Balaban J connectivity index is 1.89. The molecule has 0 aromatic heterocycles. The van der Waals surface area contributed by atoms with Crippen molar-refractivity contribution in [1.82, 2.24) is 4.90 Å². The van der Waals surface area contributed by atoms with Crippen LogP contribution in [0.5, 0.6) is 5.75 Å². The zero-order chi connectivity index (χ0) is 21.0. The van der Waals surface area contributed by atoms with Gasteiger partial charge < -0.3 is 4.74 Å². The van der Waals surface area contributed by atoms with Crippen LogP contribution < -0.4 is 4.74 Å². The Kier molecular flexibility index (Phi) is 6.50. The number of rotatable bonds is 7. The van der Waals surface area contributed by atoms with Gasteiger partial charge in [-0.3, -0.25) is 24.6 Å². The van der Waals surface area contributed by atoms with Crippen molar-refractivity contribution >= 4 is 50.6 Å². The second kappa shape index (κ2) is 9.06. The molecule has 3 rings (SSSR count). The summed E-state index contributed by atoms with van der Waals surface area (Å²) >= 11 is 4.17. The lowest BCUT2D eigenvalue weighted by molar-refractivity contribution is -0.385. The smallest absolute Gasteiger partial charge is 0.293 e. The molecule has 1 heterocycles. The Hall–Kier alpha value is -2.91. The van der Waals surface area contributed by atoms with Gasteiger partial charge in [-0.25, -0.2) is 0 Å². The molecule has 0 bridgehead atoms. The average Bonchev–Trinajstić information content (AvgIpc) is 2.95. The number of carbonyl (C=O) groups excluding carboxylic acids is 2. The SMILES string of the molecule is C=CCOc1ccc(Br)cc1C=C1SC(=O)N(Cc2ccccc2[N+](=O)[O-])C1=O. The molecule has 0 aliphatic carbocycles. The second-order valence-corrected chi connectivity index (χ2v) is 7.84. The molecule has 0 spiro atoms. The van der Waals surface area contributed by atoms with Crippen molar-refractivity contribution in [2.24, 2.45) is 0 Å². The maximum Gasteiger partial charge on any atom is 0.293 e. The molecule has 2 aromatic rings. The topological polar surface area (TPSA) is 89.8 Å². The fourth-order valence-electron chi connectivity index (χ4n) is 2.68. The third-order valence-corrected chi connectivity index (χ3v) is 5.41. The number of imide groups is 1. The normalized spacial score (nSPS) is 15.1. The first-order chi connectivity index (χ1) is 13.9. The predicted octanol–water partition coefficient (Wildman–Crippen LogP) is 5.16. The zero-order valence-electron chi connectivity index (χ0n) is 15.0. The first-order valence-electron chi connectivity index (χ1n) is 8.41. The molecule has 0 radical (unpaired) electrons. The van der Waals surface area contributed by atoms with Gasteiger partial charge >= 0.3 is 0 Å². The Labute approximate surface area is 179 Å².